The smallest absolute Gasteiger partial charge is 0.350 e. The van der Waals surface area contributed by atoms with Gasteiger partial charge in [-0.1, -0.05) is 80.6 Å². The zero-order chi connectivity index (χ0) is 44.8. The van der Waals surface area contributed by atoms with Crippen molar-refractivity contribution in [1.29, 1.82) is 0 Å². The third kappa shape index (κ3) is 7.66. The summed E-state index contributed by atoms with van der Waals surface area (Å²) in [7, 11) is 0. The van der Waals surface area contributed by atoms with E-state index in [2.05, 4.69) is 5.32 Å². The number of fused-ring (bicyclic) bond motifs is 5. The largest absolute Gasteiger partial charge is 0.455 e. The fourth-order valence-corrected chi connectivity index (χ4v) is 10.5. The van der Waals surface area contributed by atoms with Crippen LogP contribution in [0.15, 0.2) is 102 Å². The van der Waals surface area contributed by atoms with Crippen LogP contribution in [0, 0.1) is 16.7 Å². The number of esters is 3. The predicted octanol–water partition coefficient (Wildman–Crippen LogP) is 4.51. The van der Waals surface area contributed by atoms with Crippen LogP contribution in [-0.2, 0) is 38.1 Å². The Balaban J connectivity index is 1.36. The van der Waals surface area contributed by atoms with E-state index in [1.165, 1.54) is 23.9 Å². The number of nitrogens with one attached hydrogen (secondary N) is 1. The summed E-state index contributed by atoms with van der Waals surface area (Å²) in [6.07, 6.45) is -7.29. The molecule has 11 atom stereocenters. The first-order valence-corrected chi connectivity index (χ1v) is 21.9. The fourth-order valence-electron chi connectivity index (χ4n) is 10.2. The summed E-state index contributed by atoms with van der Waals surface area (Å²) in [5, 5.41) is 41.5. The number of amides is 1. The number of hydrogen-bond donors (Lipinski definition) is 4. The van der Waals surface area contributed by atoms with Crippen molar-refractivity contribution >= 4 is 41.4 Å². The number of carbonyl (C=O) groups is 5. The lowest BCUT2D eigenvalue weighted by Crippen LogP contribution is -2.81. The molecule has 330 valence electrons. The highest BCUT2D eigenvalue weighted by molar-refractivity contribution is 7.98. The molecular weight excluding hydrogens is 819 g/mol. The van der Waals surface area contributed by atoms with Gasteiger partial charge in [0.2, 0.25) is 6.10 Å². The zero-order valence-electron chi connectivity index (χ0n) is 35.4. The maximum atomic E-state index is 15.3. The molecule has 2 bridgehead atoms. The highest BCUT2D eigenvalue weighted by atomic mass is 32.2. The molecule has 3 aliphatic carbocycles. The average Bonchev–Trinajstić information content (AvgIpc) is 3.25. The van der Waals surface area contributed by atoms with E-state index < -0.39 is 107 Å². The molecule has 3 aromatic rings. The number of aliphatic hydroxyl groups is 3. The van der Waals surface area contributed by atoms with E-state index in [1.54, 1.807) is 107 Å². The quantitative estimate of drug-likeness (QED) is 0.0857. The second kappa shape index (κ2) is 17.3. The standard InChI is InChI=1S/C47H53NO13S/c1-26-31(60-43(54)37(59-27(2)49)35(28-16-10-7-11-17-28)48-41(52)29-18-12-8-13-19-29)23-47(56)40(61-42(53)30-20-14-9-15-21-30)38-45(5,39(51)36(50)34(26)44(47,3)4)32(58-25-62-6)22-33-46(38,55)24-57-33/h7-21,31-33,35-38,40,50,55-56H,22-25H2,1-6H3,(H,48,52)/t31?,32?,33?,35?,36?,37?,38?,40?,45-,46?,47?/m1/s1. The van der Waals surface area contributed by atoms with E-state index >= 15 is 4.79 Å². The Bertz CT molecular complexity index is 2220. The van der Waals surface area contributed by atoms with E-state index in [-0.39, 0.29) is 41.2 Å². The van der Waals surface area contributed by atoms with Crippen LogP contribution in [0.5, 0.6) is 0 Å². The number of thioether (sulfide) groups is 1. The van der Waals surface area contributed by atoms with Crippen molar-refractivity contribution < 1.29 is 63.0 Å². The van der Waals surface area contributed by atoms with Crippen molar-refractivity contribution in [3.05, 3.63) is 119 Å². The van der Waals surface area contributed by atoms with Crippen molar-refractivity contribution in [3.63, 3.8) is 0 Å². The maximum Gasteiger partial charge on any atom is 0.350 e. The van der Waals surface area contributed by atoms with Gasteiger partial charge in [0.25, 0.3) is 5.91 Å². The molecule has 4 N–H and O–H groups in total. The van der Waals surface area contributed by atoms with Gasteiger partial charge in [-0.25, -0.2) is 9.59 Å². The maximum absolute atomic E-state index is 15.3. The second-order valence-electron chi connectivity index (χ2n) is 17.3. The van der Waals surface area contributed by atoms with E-state index in [9.17, 15) is 34.5 Å². The second-order valence-corrected chi connectivity index (χ2v) is 18.2. The van der Waals surface area contributed by atoms with Gasteiger partial charge >= 0.3 is 17.9 Å². The number of benzene rings is 3. The average molecular weight is 872 g/mol. The Hall–Kier alpha value is -4.90. The molecule has 3 fully saturated rings. The van der Waals surface area contributed by atoms with Crippen molar-refractivity contribution in [3.8, 4) is 0 Å². The molecule has 62 heavy (non-hydrogen) atoms. The van der Waals surface area contributed by atoms with E-state index in [1.807, 2.05) is 6.26 Å². The molecule has 1 aliphatic heterocycles. The molecule has 0 radical (unpaired) electrons. The first kappa shape index (κ1) is 45.1. The van der Waals surface area contributed by atoms with Gasteiger partial charge in [0, 0.05) is 36.7 Å². The molecule has 7 rings (SSSR count). The van der Waals surface area contributed by atoms with Crippen LogP contribution in [0.1, 0.15) is 79.8 Å². The lowest BCUT2D eigenvalue weighted by molar-refractivity contribution is -0.345. The molecule has 0 spiro atoms. The number of aliphatic hydroxyl groups excluding tert-OH is 1. The summed E-state index contributed by atoms with van der Waals surface area (Å²) in [6, 6.07) is 23.4. The summed E-state index contributed by atoms with van der Waals surface area (Å²) in [4.78, 5) is 70.5. The Morgan fingerprint density at radius 2 is 1.50 bits per heavy atom. The third-order valence-electron chi connectivity index (χ3n) is 13.5. The summed E-state index contributed by atoms with van der Waals surface area (Å²) in [5.74, 6) is -5.45. The molecule has 1 heterocycles. The van der Waals surface area contributed by atoms with Crippen LogP contribution in [0.4, 0.5) is 0 Å². The fraction of sp³-hybridized carbons (Fsp3) is 0.468. The van der Waals surface area contributed by atoms with Gasteiger partial charge < -0.3 is 44.3 Å². The van der Waals surface area contributed by atoms with Crippen molar-refractivity contribution in [1.82, 2.24) is 5.32 Å². The minimum Gasteiger partial charge on any atom is -0.455 e. The van der Waals surface area contributed by atoms with Gasteiger partial charge in [0.1, 0.15) is 35.6 Å². The summed E-state index contributed by atoms with van der Waals surface area (Å²) in [5.41, 5.74) is -6.48. The van der Waals surface area contributed by atoms with Gasteiger partial charge in [-0.3, -0.25) is 14.4 Å². The van der Waals surface area contributed by atoms with Crippen molar-refractivity contribution in [2.24, 2.45) is 16.7 Å². The van der Waals surface area contributed by atoms with E-state index in [4.69, 9.17) is 23.7 Å². The summed E-state index contributed by atoms with van der Waals surface area (Å²) < 4.78 is 30.5. The predicted molar refractivity (Wildman–Crippen MR) is 225 cm³/mol. The number of rotatable bonds is 12. The minimum atomic E-state index is -2.29. The minimum absolute atomic E-state index is 0.0121. The molecule has 4 aliphatic rings. The molecule has 1 amide bonds. The van der Waals surface area contributed by atoms with Crippen LogP contribution in [0.3, 0.4) is 0 Å². The normalized spacial score (nSPS) is 32.0. The molecule has 15 heteroatoms. The van der Waals surface area contributed by atoms with Gasteiger partial charge in [0.15, 0.2) is 5.78 Å². The Morgan fingerprint density at radius 1 is 0.903 bits per heavy atom. The SMILES string of the molecule is CSCOC1CC2OCC2(O)C2C(OC(=O)c3ccccc3)C3(O)CC(OC(=O)C(OC(C)=O)C(NC(=O)c4ccccc4)c4ccccc4)C(C)=C(C(O)C(=O)[C@]12C)C3(C)C. The lowest BCUT2D eigenvalue weighted by atomic mass is 9.44. The summed E-state index contributed by atoms with van der Waals surface area (Å²) >= 11 is 1.36. The van der Waals surface area contributed by atoms with Crippen LogP contribution >= 0.6 is 11.8 Å². The Kier molecular flexibility index (Phi) is 12.6. The van der Waals surface area contributed by atoms with Crippen molar-refractivity contribution in [2.75, 3.05) is 18.8 Å². The molecule has 2 saturated carbocycles. The summed E-state index contributed by atoms with van der Waals surface area (Å²) in [6.45, 7) is 7.16. The molecule has 14 nitrogen and oxygen atoms in total. The van der Waals surface area contributed by atoms with Gasteiger partial charge in [-0.05, 0) is 61.1 Å². The van der Waals surface area contributed by atoms with Gasteiger partial charge in [-0.15, -0.1) is 11.8 Å². The first-order chi connectivity index (χ1) is 29.4. The Morgan fingerprint density at radius 3 is 2.06 bits per heavy atom. The lowest BCUT2D eigenvalue weighted by Gasteiger charge is -2.67. The number of Topliss-reactive ketones (excluding diaryl/α,β-unsaturated/α-hetero) is 1. The van der Waals surface area contributed by atoms with E-state index in [0.29, 0.717) is 5.56 Å². The molecular formula is C47H53NO13S. The van der Waals surface area contributed by atoms with Gasteiger partial charge in [-0.2, -0.15) is 0 Å². The van der Waals surface area contributed by atoms with Crippen LogP contribution < -0.4 is 5.32 Å². The third-order valence-corrected chi connectivity index (χ3v) is 13.9. The number of carbonyl (C=O) groups excluding carboxylic acids is 5. The Labute approximate surface area is 364 Å². The van der Waals surface area contributed by atoms with Crippen molar-refractivity contribution in [2.45, 2.75) is 101 Å². The number of hydrogen-bond acceptors (Lipinski definition) is 14. The highest BCUT2D eigenvalue weighted by Crippen LogP contribution is 2.63. The van der Waals surface area contributed by atoms with Gasteiger partial charge in [0.05, 0.1) is 35.7 Å². The van der Waals surface area contributed by atoms with E-state index in [0.717, 1.165) is 6.92 Å². The van der Waals surface area contributed by atoms with Crippen LogP contribution in [0.25, 0.3) is 0 Å². The molecule has 3 aromatic carbocycles. The zero-order valence-corrected chi connectivity index (χ0v) is 36.3. The molecule has 10 unspecified atom stereocenters. The number of ketones is 1. The first-order valence-electron chi connectivity index (χ1n) is 20.5. The van der Waals surface area contributed by atoms with Crippen LogP contribution in [0.2, 0.25) is 0 Å². The topological polar surface area (TPSA) is 204 Å². The molecule has 1 saturated heterocycles. The highest BCUT2D eigenvalue weighted by Gasteiger charge is 2.76. The monoisotopic (exact) mass is 871 g/mol. The number of ether oxygens (including phenoxy) is 5. The molecule has 0 aromatic heterocycles. The van der Waals surface area contributed by atoms with Crippen LogP contribution in [-0.4, -0.2) is 112 Å².